The molecule has 600 valence electrons. The molecule has 116 heavy (non-hydrogen) atoms. The lowest BCUT2D eigenvalue weighted by Crippen LogP contribution is -2.34. The molecule has 0 unspecified atom stereocenters. The lowest BCUT2D eigenvalue weighted by Gasteiger charge is -2.41. The van der Waals surface area contributed by atoms with Gasteiger partial charge >= 0.3 is 0 Å². The van der Waals surface area contributed by atoms with E-state index in [1.165, 1.54) is 361 Å². The predicted octanol–water partition coefficient (Wildman–Crippen LogP) is 26.8. The van der Waals surface area contributed by atoms with Crippen molar-refractivity contribution in [3.63, 3.8) is 0 Å². The fourth-order valence-electron chi connectivity index (χ4n) is 24.7. The second kappa shape index (κ2) is 32.3. The number of aromatic nitrogens is 4. The van der Waals surface area contributed by atoms with E-state index in [9.17, 15) is 0 Å². The molecule has 8 aromatic carbocycles. The highest BCUT2D eigenvalue weighted by molar-refractivity contribution is 5.86. The average molecular weight is 1540 g/mol. The molecule has 0 N–H and O–H groups in total. The van der Waals surface area contributed by atoms with Gasteiger partial charge in [-0.15, -0.1) is 0 Å². The molecule has 12 aromatic rings. The maximum atomic E-state index is 2.53. The summed E-state index contributed by atoms with van der Waals surface area (Å²) in [5.74, 6) is 0. The monoisotopic (exact) mass is 1540 g/mol. The van der Waals surface area contributed by atoms with Gasteiger partial charge in [-0.05, 0) is 383 Å². The van der Waals surface area contributed by atoms with Crippen molar-refractivity contribution in [1.29, 1.82) is 0 Å². The van der Waals surface area contributed by atoms with Crippen LogP contribution in [-0.4, -0.2) is 0 Å². The number of benzene rings is 8. The standard InChI is InChI=1S/4C28H34N/c1-19-16-20(2)21(3)25(17-19)27-11-9-24-23-12-15-28(13-6-5-7-14-28)18-22(23)8-10-26(24)29(27)4;1-19-16-20(2)21(3)24(17-19)27-11-9-23-25-18-28(13-6-5-7-14-28)15-12-22(25)8-10-26(23)29(27)4;1-19-14-20(2)21(3)25(15-19)26-9-8-23-16-24-18-28(11-6-5-7-12-28)13-10-22(24)17-27(23)29(26)4;1-19-14-20(2)21(3)25(15-19)26-9-8-23-16-22-10-13-28(11-6-5-7-12-28)18-24(22)17-27(23)29(26)4/h2*8-11,16-17H,5-7,12-15,18H2,1-4H3;2*8-9,14-17H,5-7,10-13,18H2,1-4H3/q4*+1. The summed E-state index contributed by atoms with van der Waals surface area (Å²) in [5, 5.41) is 5.74. The van der Waals surface area contributed by atoms with Crippen LogP contribution in [0.2, 0.25) is 0 Å². The Morgan fingerprint density at radius 1 is 0.224 bits per heavy atom. The molecular formula is C112H136N4+4. The van der Waals surface area contributed by atoms with E-state index in [-0.39, 0.29) is 0 Å². The van der Waals surface area contributed by atoms with E-state index in [0.29, 0.717) is 21.7 Å². The van der Waals surface area contributed by atoms with Gasteiger partial charge in [-0.2, -0.15) is 18.3 Å². The molecule has 8 aliphatic rings. The molecule has 0 saturated heterocycles. The number of pyridine rings is 4. The fourth-order valence-corrected chi connectivity index (χ4v) is 24.7. The average Bonchev–Trinajstić information content (AvgIpc) is 0.758. The molecule has 4 spiro atoms. The highest BCUT2D eigenvalue weighted by atomic mass is 15.0. The second-order valence-electron chi connectivity index (χ2n) is 39.7. The van der Waals surface area contributed by atoms with Gasteiger partial charge in [0.15, 0.2) is 0 Å². The smallest absolute Gasteiger partial charge is 0.194 e. The minimum absolute atomic E-state index is 0.584. The van der Waals surface area contributed by atoms with Gasteiger partial charge in [0.2, 0.25) is 44.8 Å². The minimum Gasteiger partial charge on any atom is -0.194 e. The third-order valence-electron chi connectivity index (χ3n) is 32.0. The summed E-state index contributed by atoms with van der Waals surface area (Å²) in [6, 6.07) is 57.1. The molecule has 0 radical (unpaired) electrons. The van der Waals surface area contributed by atoms with Crippen LogP contribution in [0.15, 0.2) is 146 Å². The van der Waals surface area contributed by atoms with Crippen LogP contribution in [0.25, 0.3) is 88.6 Å². The highest BCUT2D eigenvalue weighted by Gasteiger charge is 2.41. The molecule has 0 atom stereocenters. The van der Waals surface area contributed by atoms with Crippen LogP contribution >= 0.6 is 0 Å². The Kier molecular flexibility index (Phi) is 22.2. The van der Waals surface area contributed by atoms with Crippen LogP contribution < -0.4 is 18.3 Å². The summed E-state index contributed by atoms with van der Waals surface area (Å²) in [6.45, 7) is 26.8. The van der Waals surface area contributed by atoms with Gasteiger partial charge in [-0.3, -0.25) is 0 Å². The Bertz CT molecular complexity index is 5670. The summed E-state index contributed by atoms with van der Waals surface area (Å²) in [7, 11) is 8.99. The molecule has 0 amide bonds. The first kappa shape index (κ1) is 79.8. The van der Waals surface area contributed by atoms with Crippen LogP contribution in [0, 0.1) is 105 Å². The van der Waals surface area contributed by atoms with E-state index < -0.39 is 0 Å². The molecule has 4 heterocycles. The Labute approximate surface area is 697 Å². The maximum absolute atomic E-state index is 2.53. The first-order valence-corrected chi connectivity index (χ1v) is 46.0. The molecule has 4 heteroatoms. The van der Waals surface area contributed by atoms with Crippen molar-refractivity contribution in [2.45, 2.75) is 289 Å². The molecule has 4 saturated carbocycles. The normalized spacial score (nSPS) is 18.2. The maximum Gasteiger partial charge on any atom is 0.213 e. The van der Waals surface area contributed by atoms with Gasteiger partial charge in [-0.1, -0.05) is 136 Å². The number of aryl methyl sites for hydroxylation is 16. The van der Waals surface area contributed by atoms with Gasteiger partial charge in [0, 0.05) is 92.3 Å². The van der Waals surface area contributed by atoms with Crippen molar-refractivity contribution in [2.75, 3.05) is 0 Å². The molecule has 20 rings (SSSR count). The summed E-state index contributed by atoms with van der Waals surface area (Å²) in [6.07, 6.45) is 44.7. The van der Waals surface area contributed by atoms with Gasteiger partial charge in [-0.25, -0.2) is 0 Å². The third-order valence-corrected chi connectivity index (χ3v) is 32.0. The molecule has 4 fully saturated rings. The van der Waals surface area contributed by atoms with Crippen LogP contribution in [0.1, 0.15) is 265 Å². The van der Waals surface area contributed by atoms with Gasteiger partial charge in [0.25, 0.3) is 0 Å². The predicted molar refractivity (Wildman–Crippen MR) is 489 cm³/mol. The molecule has 4 nitrogen and oxygen atoms in total. The van der Waals surface area contributed by atoms with E-state index in [1.807, 2.05) is 0 Å². The fraction of sp³-hybridized carbons (Fsp3) is 0.464. The molecular weight excluding hydrogens is 1400 g/mol. The molecule has 0 aliphatic heterocycles. The zero-order valence-electron chi connectivity index (χ0n) is 74.3. The van der Waals surface area contributed by atoms with E-state index in [2.05, 4.69) is 275 Å². The first-order valence-electron chi connectivity index (χ1n) is 46.0. The van der Waals surface area contributed by atoms with Crippen molar-refractivity contribution in [3.8, 4) is 45.0 Å². The zero-order chi connectivity index (χ0) is 80.7. The Balaban J connectivity index is 0.000000111. The van der Waals surface area contributed by atoms with Crippen molar-refractivity contribution in [2.24, 2.45) is 49.9 Å². The lowest BCUT2D eigenvalue weighted by atomic mass is 9.63. The van der Waals surface area contributed by atoms with E-state index in [4.69, 9.17) is 0 Å². The zero-order valence-corrected chi connectivity index (χ0v) is 74.3. The number of hydrogen-bond donors (Lipinski definition) is 0. The van der Waals surface area contributed by atoms with Gasteiger partial charge in [0.1, 0.15) is 28.2 Å². The van der Waals surface area contributed by atoms with Gasteiger partial charge < -0.3 is 0 Å². The van der Waals surface area contributed by atoms with E-state index in [0.717, 1.165) is 0 Å². The Hall–Kier alpha value is -8.60. The molecule has 8 aliphatic carbocycles. The van der Waals surface area contributed by atoms with Crippen LogP contribution in [-0.2, 0) is 79.6 Å². The molecule has 4 aromatic heterocycles. The summed E-state index contributed by atoms with van der Waals surface area (Å²) in [4.78, 5) is 0. The van der Waals surface area contributed by atoms with Gasteiger partial charge in [0.05, 0.1) is 0 Å². The number of rotatable bonds is 4. The number of nitrogens with zero attached hydrogens (tertiary/aromatic N) is 4. The number of fused-ring (bicyclic) bond motifs is 10. The van der Waals surface area contributed by atoms with Crippen molar-refractivity contribution in [3.05, 3.63) is 257 Å². The van der Waals surface area contributed by atoms with Crippen LogP contribution in [0.4, 0.5) is 0 Å². The topological polar surface area (TPSA) is 15.5 Å². The van der Waals surface area contributed by atoms with Crippen molar-refractivity contribution in [1.82, 2.24) is 0 Å². The van der Waals surface area contributed by atoms with E-state index in [1.54, 1.807) is 44.5 Å². The first-order chi connectivity index (χ1) is 55.9. The van der Waals surface area contributed by atoms with E-state index >= 15 is 0 Å². The number of hydrogen-bond acceptors (Lipinski definition) is 0. The second-order valence-corrected chi connectivity index (χ2v) is 39.7. The van der Waals surface area contributed by atoms with Crippen LogP contribution in [0.5, 0.6) is 0 Å². The minimum atomic E-state index is 0.584. The summed E-state index contributed by atoms with van der Waals surface area (Å²) >= 11 is 0. The Morgan fingerprint density at radius 2 is 0.517 bits per heavy atom. The quantitative estimate of drug-likeness (QED) is 0.156. The highest BCUT2D eigenvalue weighted by Crippen LogP contribution is 2.52. The summed E-state index contributed by atoms with van der Waals surface area (Å²) < 4.78 is 9.70. The van der Waals surface area contributed by atoms with Crippen molar-refractivity contribution >= 4 is 43.6 Å². The summed E-state index contributed by atoms with van der Waals surface area (Å²) in [5.41, 5.74) is 48.1. The SMILES string of the molecule is Cc1cc(C)c(C)c(-c2ccc3c4c(ccc3[n+]2C)CC2(CCCCC2)CC4)c1.Cc1cc(C)c(C)c(-c2ccc3c4c(ccc3[n+]2C)CCC2(CCCCC2)C4)c1.Cc1cc(C)c(C)c(-c2ccc3cc4c(cc3[n+]2C)CC2(CCCCC2)CC4)c1.Cc1cc(C)c(C)c(-c2ccc3cc4c(cc3[n+]2C)CCC2(CCCCC2)C4)c1. The Morgan fingerprint density at radius 3 is 0.914 bits per heavy atom. The third kappa shape index (κ3) is 15.4. The van der Waals surface area contributed by atoms with Crippen LogP contribution in [0.3, 0.4) is 0 Å². The largest absolute Gasteiger partial charge is 0.213 e. The van der Waals surface area contributed by atoms with Crippen molar-refractivity contribution < 1.29 is 18.3 Å². The lowest BCUT2D eigenvalue weighted by molar-refractivity contribution is -0.633. The molecule has 0 bridgehead atoms.